The Bertz CT molecular complexity index is 1010. The van der Waals surface area contributed by atoms with Crippen molar-refractivity contribution in [3.8, 4) is 0 Å². The molecule has 0 fully saturated rings. The van der Waals surface area contributed by atoms with Crippen LogP contribution >= 0.6 is 23.4 Å². The van der Waals surface area contributed by atoms with Crippen LogP contribution < -0.4 is 5.32 Å². The second kappa shape index (κ2) is 8.37. The van der Waals surface area contributed by atoms with Crippen molar-refractivity contribution in [2.24, 2.45) is 0 Å². The predicted octanol–water partition coefficient (Wildman–Crippen LogP) is 4.19. The molecule has 1 amide bonds. The quantitative estimate of drug-likeness (QED) is 0.392. The van der Waals surface area contributed by atoms with Gasteiger partial charge in [-0.2, -0.15) is 0 Å². The smallest absolute Gasteiger partial charge is 0.359 e. The number of anilines is 1. The SMILES string of the molecule is CSc1ncc(Cl)c(C(=O)OC(C)C(=O)Nc2ccc3ccccc3c2)n1. The number of hydrogen-bond acceptors (Lipinski definition) is 6. The van der Waals surface area contributed by atoms with E-state index < -0.39 is 18.0 Å². The van der Waals surface area contributed by atoms with Gasteiger partial charge in [0.15, 0.2) is 17.0 Å². The van der Waals surface area contributed by atoms with Crippen molar-refractivity contribution in [1.82, 2.24) is 9.97 Å². The zero-order chi connectivity index (χ0) is 19.4. The van der Waals surface area contributed by atoms with Crippen LogP contribution in [0.1, 0.15) is 17.4 Å². The summed E-state index contributed by atoms with van der Waals surface area (Å²) < 4.78 is 5.20. The second-order valence-corrected chi connectivity index (χ2v) is 6.83. The van der Waals surface area contributed by atoms with Gasteiger partial charge in [0, 0.05) is 5.69 Å². The number of rotatable bonds is 5. The van der Waals surface area contributed by atoms with Gasteiger partial charge >= 0.3 is 5.97 Å². The first-order valence-corrected chi connectivity index (χ1v) is 9.65. The summed E-state index contributed by atoms with van der Waals surface area (Å²) in [4.78, 5) is 32.7. The van der Waals surface area contributed by atoms with Crippen molar-refractivity contribution in [1.29, 1.82) is 0 Å². The Hall–Kier alpha value is -2.64. The summed E-state index contributed by atoms with van der Waals surface area (Å²) in [6.07, 6.45) is 2.09. The molecular weight excluding hydrogens is 386 g/mol. The van der Waals surface area contributed by atoms with E-state index in [0.717, 1.165) is 10.8 Å². The van der Waals surface area contributed by atoms with Gasteiger partial charge in [0.2, 0.25) is 0 Å². The highest BCUT2D eigenvalue weighted by molar-refractivity contribution is 7.98. The van der Waals surface area contributed by atoms with Crippen molar-refractivity contribution in [2.45, 2.75) is 18.2 Å². The molecule has 2 aromatic carbocycles. The lowest BCUT2D eigenvalue weighted by Crippen LogP contribution is -2.30. The lowest BCUT2D eigenvalue weighted by atomic mass is 10.1. The third-order valence-corrected chi connectivity index (χ3v) is 4.61. The third-order valence-electron chi connectivity index (χ3n) is 3.77. The molecule has 0 aliphatic rings. The molecule has 3 rings (SSSR count). The van der Waals surface area contributed by atoms with Crippen molar-refractivity contribution in [2.75, 3.05) is 11.6 Å². The number of fused-ring (bicyclic) bond motifs is 1. The molecule has 0 spiro atoms. The van der Waals surface area contributed by atoms with Gasteiger partial charge in [-0.1, -0.05) is 53.7 Å². The van der Waals surface area contributed by atoms with Crippen LogP contribution in [0.15, 0.2) is 53.8 Å². The molecule has 1 aromatic heterocycles. The van der Waals surface area contributed by atoms with E-state index in [4.69, 9.17) is 16.3 Å². The lowest BCUT2D eigenvalue weighted by Gasteiger charge is -2.14. The minimum absolute atomic E-state index is 0.0682. The maximum atomic E-state index is 12.4. The van der Waals surface area contributed by atoms with Crippen molar-refractivity contribution < 1.29 is 14.3 Å². The molecule has 0 saturated carbocycles. The summed E-state index contributed by atoms with van der Waals surface area (Å²) in [5.41, 5.74) is 0.549. The Kier molecular flexibility index (Phi) is 5.93. The highest BCUT2D eigenvalue weighted by Gasteiger charge is 2.22. The number of nitrogens with one attached hydrogen (secondary N) is 1. The third kappa shape index (κ3) is 4.56. The van der Waals surface area contributed by atoms with E-state index in [-0.39, 0.29) is 10.7 Å². The van der Waals surface area contributed by atoms with Gasteiger partial charge in [-0.3, -0.25) is 4.79 Å². The first kappa shape index (κ1) is 19.1. The Labute approximate surface area is 165 Å². The van der Waals surface area contributed by atoms with Crippen LogP contribution in [0, 0.1) is 0 Å². The van der Waals surface area contributed by atoms with Gasteiger partial charge in [0.05, 0.1) is 11.2 Å². The predicted molar refractivity (Wildman–Crippen MR) is 106 cm³/mol. The molecule has 0 bridgehead atoms. The van der Waals surface area contributed by atoms with Crippen LogP contribution in [0.5, 0.6) is 0 Å². The Balaban J connectivity index is 1.68. The van der Waals surface area contributed by atoms with Gasteiger partial charge in [-0.25, -0.2) is 14.8 Å². The summed E-state index contributed by atoms with van der Waals surface area (Å²) in [5, 5.41) is 5.26. The molecule has 8 heteroatoms. The largest absolute Gasteiger partial charge is 0.448 e. The number of esters is 1. The molecule has 1 unspecified atom stereocenters. The maximum absolute atomic E-state index is 12.4. The maximum Gasteiger partial charge on any atom is 0.359 e. The molecular formula is C19H16ClN3O3S. The molecule has 1 atom stereocenters. The lowest BCUT2D eigenvalue weighted by molar-refractivity contribution is -0.123. The zero-order valence-electron chi connectivity index (χ0n) is 14.6. The monoisotopic (exact) mass is 401 g/mol. The number of ether oxygens (including phenoxy) is 1. The fourth-order valence-electron chi connectivity index (χ4n) is 2.37. The van der Waals surface area contributed by atoms with Crippen LogP contribution in [0.3, 0.4) is 0 Å². The van der Waals surface area contributed by atoms with E-state index in [2.05, 4.69) is 15.3 Å². The zero-order valence-corrected chi connectivity index (χ0v) is 16.2. The van der Waals surface area contributed by atoms with Crippen molar-refractivity contribution >= 4 is 51.7 Å². The number of aromatic nitrogens is 2. The van der Waals surface area contributed by atoms with Crippen LogP contribution in [0.25, 0.3) is 10.8 Å². The second-order valence-electron chi connectivity index (χ2n) is 5.65. The van der Waals surface area contributed by atoms with Crippen LogP contribution in [-0.2, 0) is 9.53 Å². The highest BCUT2D eigenvalue weighted by atomic mass is 35.5. The fraction of sp³-hybridized carbons (Fsp3) is 0.158. The molecule has 3 aromatic rings. The molecule has 0 radical (unpaired) electrons. The average molecular weight is 402 g/mol. The highest BCUT2D eigenvalue weighted by Crippen LogP contribution is 2.20. The summed E-state index contributed by atoms with van der Waals surface area (Å²) >= 11 is 7.23. The minimum atomic E-state index is -1.02. The fourth-order valence-corrected chi connectivity index (χ4v) is 2.88. The summed E-state index contributed by atoms with van der Waals surface area (Å²) in [6.45, 7) is 1.48. The number of nitrogens with zero attached hydrogens (tertiary/aromatic N) is 2. The summed E-state index contributed by atoms with van der Waals surface area (Å²) in [7, 11) is 0. The average Bonchev–Trinajstić information content (AvgIpc) is 2.68. The molecule has 138 valence electrons. The molecule has 6 nitrogen and oxygen atoms in total. The number of amides is 1. The standard InChI is InChI=1S/C19H16ClN3O3S/c1-11(26-18(25)16-15(20)10-21-19(23-16)27-2)17(24)22-14-8-7-12-5-3-4-6-13(12)9-14/h3-11H,1-2H3,(H,22,24). The number of halogens is 1. The van der Waals surface area contributed by atoms with E-state index >= 15 is 0 Å². The number of carbonyl (C=O) groups excluding carboxylic acids is 2. The molecule has 0 aliphatic heterocycles. The van der Waals surface area contributed by atoms with Crippen LogP contribution in [0.4, 0.5) is 5.69 Å². The molecule has 27 heavy (non-hydrogen) atoms. The normalized spacial score (nSPS) is 11.8. The summed E-state index contributed by atoms with van der Waals surface area (Å²) in [6, 6.07) is 13.4. The van der Waals surface area contributed by atoms with E-state index in [1.807, 2.05) is 36.4 Å². The number of benzene rings is 2. The van der Waals surface area contributed by atoms with Gasteiger partial charge in [-0.05, 0) is 36.1 Å². The number of thioether (sulfide) groups is 1. The van der Waals surface area contributed by atoms with Gasteiger partial charge in [0.1, 0.15) is 0 Å². The van der Waals surface area contributed by atoms with E-state index in [1.54, 1.807) is 12.3 Å². The van der Waals surface area contributed by atoms with E-state index in [1.165, 1.54) is 24.9 Å². The van der Waals surface area contributed by atoms with Crippen LogP contribution in [-0.4, -0.2) is 34.2 Å². The van der Waals surface area contributed by atoms with E-state index in [9.17, 15) is 9.59 Å². The first-order chi connectivity index (χ1) is 13.0. The molecule has 0 saturated heterocycles. The molecule has 1 N–H and O–H groups in total. The minimum Gasteiger partial charge on any atom is -0.448 e. The van der Waals surface area contributed by atoms with Crippen LogP contribution in [0.2, 0.25) is 5.02 Å². The van der Waals surface area contributed by atoms with Crippen molar-refractivity contribution in [3.05, 3.63) is 59.4 Å². The summed E-state index contributed by atoms with van der Waals surface area (Å²) in [5.74, 6) is -1.23. The number of carbonyl (C=O) groups is 2. The Morgan fingerprint density at radius 1 is 1.19 bits per heavy atom. The Morgan fingerprint density at radius 3 is 2.67 bits per heavy atom. The topological polar surface area (TPSA) is 81.2 Å². The van der Waals surface area contributed by atoms with Gasteiger partial charge < -0.3 is 10.1 Å². The Morgan fingerprint density at radius 2 is 1.93 bits per heavy atom. The number of hydrogen-bond donors (Lipinski definition) is 1. The molecule has 0 aliphatic carbocycles. The van der Waals surface area contributed by atoms with Crippen molar-refractivity contribution in [3.63, 3.8) is 0 Å². The van der Waals surface area contributed by atoms with Gasteiger partial charge in [-0.15, -0.1) is 0 Å². The van der Waals surface area contributed by atoms with E-state index in [0.29, 0.717) is 10.8 Å². The van der Waals surface area contributed by atoms with Gasteiger partial charge in [0.25, 0.3) is 5.91 Å². The molecule has 1 heterocycles. The first-order valence-electron chi connectivity index (χ1n) is 8.05.